The number of benzene rings is 2. The molecule has 0 atom stereocenters. The Balaban J connectivity index is 1.87. The lowest BCUT2D eigenvalue weighted by atomic mass is 10.2. The van der Waals surface area contributed by atoms with Gasteiger partial charge in [-0.25, -0.2) is 9.97 Å². The highest BCUT2D eigenvalue weighted by Crippen LogP contribution is 2.31. The van der Waals surface area contributed by atoms with E-state index in [4.69, 9.17) is 9.47 Å². The van der Waals surface area contributed by atoms with Crippen LogP contribution in [-0.2, 0) is 6.54 Å². The average Bonchev–Trinajstić information content (AvgIpc) is 2.72. The standard InChI is InChI=1S/C22H26N4O2/c1-16(2)26(14-17-8-6-5-7-9-17)22-13-21(23-15-24-22)25-19-12-18(27-3)10-11-20(19)28-4/h5-13,15-16H,14H2,1-4H3,(H,23,24,25). The largest absolute Gasteiger partial charge is 0.497 e. The lowest BCUT2D eigenvalue weighted by Gasteiger charge is -2.28. The molecule has 0 saturated carbocycles. The van der Waals surface area contributed by atoms with E-state index in [1.54, 1.807) is 20.5 Å². The van der Waals surface area contributed by atoms with Crippen molar-refractivity contribution < 1.29 is 9.47 Å². The predicted molar refractivity (Wildman–Crippen MR) is 113 cm³/mol. The van der Waals surface area contributed by atoms with Gasteiger partial charge in [-0.05, 0) is 31.5 Å². The van der Waals surface area contributed by atoms with Gasteiger partial charge in [0, 0.05) is 24.7 Å². The Hall–Kier alpha value is -3.28. The third-order valence-electron chi connectivity index (χ3n) is 4.44. The maximum Gasteiger partial charge on any atom is 0.142 e. The highest BCUT2D eigenvalue weighted by atomic mass is 16.5. The monoisotopic (exact) mass is 378 g/mol. The van der Waals surface area contributed by atoms with Gasteiger partial charge in [-0.1, -0.05) is 30.3 Å². The van der Waals surface area contributed by atoms with Gasteiger partial charge in [0.25, 0.3) is 0 Å². The highest BCUT2D eigenvalue weighted by Gasteiger charge is 2.14. The number of aromatic nitrogens is 2. The average molecular weight is 378 g/mol. The van der Waals surface area contributed by atoms with Crippen LogP contribution in [0.5, 0.6) is 11.5 Å². The zero-order valence-electron chi connectivity index (χ0n) is 16.7. The minimum Gasteiger partial charge on any atom is -0.497 e. The van der Waals surface area contributed by atoms with Gasteiger partial charge >= 0.3 is 0 Å². The summed E-state index contributed by atoms with van der Waals surface area (Å²) in [6, 6.07) is 18.2. The molecule has 0 unspecified atom stereocenters. The van der Waals surface area contributed by atoms with Gasteiger partial charge in [0.2, 0.25) is 0 Å². The summed E-state index contributed by atoms with van der Waals surface area (Å²) in [4.78, 5) is 11.1. The Labute approximate surface area is 166 Å². The number of rotatable bonds is 8. The number of ether oxygens (including phenoxy) is 2. The van der Waals surface area contributed by atoms with Crippen molar-refractivity contribution in [3.05, 3.63) is 66.5 Å². The Kier molecular flexibility index (Phi) is 6.32. The minimum absolute atomic E-state index is 0.286. The number of nitrogens with zero attached hydrogens (tertiary/aromatic N) is 3. The highest BCUT2D eigenvalue weighted by molar-refractivity contribution is 5.67. The number of methoxy groups -OCH3 is 2. The van der Waals surface area contributed by atoms with Crippen molar-refractivity contribution in [1.82, 2.24) is 9.97 Å². The van der Waals surface area contributed by atoms with Crippen molar-refractivity contribution in [1.29, 1.82) is 0 Å². The first kappa shape index (κ1) is 19.5. The Morgan fingerprint density at radius 2 is 1.75 bits per heavy atom. The van der Waals surface area contributed by atoms with Crippen LogP contribution in [0.15, 0.2) is 60.9 Å². The second-order valence-corrected chi connectivity index (χ2v) is 6.66. The summed E-state index contributed by atoms with van der Waals surface area (Å²) in [5, 5.41) is 3.31. The van der Waals surface area contributed by atoms with Crippen molar-refractivity contribution in [3.63, 3.8) is 0 Å². The van der Waals surface area contributed by atoms with Gasteiger partial charge in [0.1, 0.15) is 29.5 Å². The van der Waals surface area contributed by atoms with Gasteiger partial charge in [-0.2, -0.15) is 0 Å². The van der Waals surface area contributed by atoms with Gasteiger partial charge in [0.15, 0.2) is 0 Å². The summed E-state index contributed by atoms with van der Waals surface area (Å²) in [6.45, 7) is 5.09. The first-order valence-corrected chi connectivity index (χ1v) is 9.22. The predicted octanol–water partition coefficient (Wildman–Crippen LogP) is 4.65. The maximum atomic E-state index is 5.44. The van der Waals surface area contributed by atoms with E-state index in [2.05, 4.69) is 58.3 Å². The zero-order chi connectivity index (χ0) is 19.9. The lowest BCUT2D eigenvalue weighted by Crippen LogP contribution is -2.31. The molecule has 0 radical (unpaired) electrons. The maximum absolute atomic E-state index is 5.44. The van der Waals surface area contributed by atoms with Crippen LogP contribution in [0.3, 0.4) is 0 Å². The topological polar surface area (TPSA) is 59.5 Å². The van der Waals surface area contributed by atoms with E-state index in [0.717, 1.165) is 23.8 Å². The molecule has 2 aromatic carbocycles. The molecule has 6 nitrogen and oxygen atoms in total. The van der Waals surface area contributed by atoms with Crippen molar-refractivity contribution in [2.45, 2.75) is 26.4 Å². The molecular formula is C22H26N4O2. The molecule has 0 aliphatic carbocycles. The van der Waals surface area contributed by atoms with Crippen LogP contribution < -0.4 is 19.7 Å². The van der Waals surface area contributed by atoms with E-state index >= 15 is 0 Å². The van der Waals surface area contributed by atoms with Gasteiger partial charge in [-0.3, -0.25) is 0 Å². The van der Waals surface area contributed by atoms with E-state index in [0.29, 0.717) is 11.6 Å². The van der Waals surface area contributed by atoms with Crippen LogP contribution in [0.25, 0.3) is 0 Å². The molecular weight excluding hydrogens is 352 g/mol. The smallest absolute Gasteiger partial charge is 0.142 e. The molecule has 146 valence electrons. The lowest BCUT2D eigenvalue weighted by molar-refractivity contribution is 0.405. The number of anilines is 3. The summed E-state index contributed by atoms with van der Waals surface area (Å²) in [6.07, 6.45) is 1.57. The molecule has 0 saturated heterocycles. The second kappa shape index (κ2) is 9.08. The molecule has 6 heteroatoms. The van der Waals surface area contributed by atoms with Crippen LogP contribution in [0.4, 0.5) is 17.3 Å². The van der Waals surface area contributed by atoms with Crippen molar-refractivity contribution in [2.24, 2.45) is 0 Å². The van der Waals surface area contributed by atoms with Gasteiger partial charge in [0.05, 0.1) is 19.9 Å². The van der Waals surface area contributed by atoms with E-state index in [9.17, 15) is 0 Å². The van der Waals surface area contributed by atoms with Crippen molar-refractivity contribution in [2.75, 3.05) is 24.4 Å². The van der Waals surface area contributed by atoms with Crippen LogP contribution in [0, 0.1) is 0 Å². The van der Waals surface area contributed by atoms with E-state index < -0.39 is 0 Å². The molecule has 1 aromatic heterocycles. The first-order valence-electron chi connectivity index (χ1n) is 9.22. The van der Waals surface area contributed by atoms with Crippen molar-refractivity contribution >= 4 is 17.3 Å². The Morgan fingerprint density at radius 1 is 0.964 bits per heavy atom. The van der Waals surface area contributed by atoms with Crippen LogP contribution in [-0.4, -0.2) is 30.2 Å². The summed E-state index contributed by atoms with van der Waals surface area (Å²) in [5.74, 6) is 3.00. The third kappa shape index (κ3) is 4.71. The quantitative estimate of drug-likeness (QED) is 0.616. The first-order chi connectivity index (χ1) is 13.6. The van der Waals surface area contributed by atoms with Gasteiger partial charge in [-0.15, -0.1) is 0 Å². The molecule has 0 spiro atoms. The molecule has 0 amide bonds. The van der Waals surface area contributed by atoms with Crippen molar-refractivity contribution in [3.8, 4) is 11.5 Å². The molecule has 28 heavy (non-hydrogen) atoms. The van der Waals surface area contributed by atoms with Gasteiger partial charge < -0.3 is 19.7 Å². The number of nitrogens with one attached hydrogen (secondary N) is 1. The van der Waals surface area contributed by atoms with E-state index in [-0.39, 0.29) is 6.04 Å². The number of hydrogen-bond donors (Lipinski definition) is 1. The van der Waals surface area contributed by atoms with Crippen LogP contribution in [0.1, 0.15) is 19.4 Å². The fourth-order valence-electron chi connectivity index (χ4n) is 2.93. The SMILES string of the molecule is COc1ccc(OC)c(Nc2cc(N(Cc3ccccc3)C(C)C)ncn2)c1. The molecule has 0 aliphatic rings. The summed E-state index contributed by atoms with van der Waals surface area (Å²) in [7, 11) is 3.28. The summed E-state index contributed by atoms with van der Waals surface area (Å²) in [5.41, 5.74) is 2.02. The zero-order valence-corrected chi connectivity index (χ0v) is 16.7. The molecule has 1 heterocycles. The normalized spacial score (nSPS) is 10.6. The molecule has 3 rings (SSSR count). The van der Waals surface area contributed by atoms with E-state index in [1.165, 1.54) is 5.56 Å². The molecule has 0 fully saturated rings. The molecule has 0 aliphatic heterocycles. The summed E-state index contributed by atoms with van der Waals surface area (Å²) < 4.78 is 10.8. The fraction of sp³-hybridized carbons (Fsp3) is 0.273. The van der Waals surface area contributed by atoms with E-state index in [1.807, 2.05) is 30.3 Å². The number of hydrogen-bond acceptors (Lipinski definition) is 6. The third-order valence-corrected chi connectivity index (χ3v) is 4.44. The Morgan fingerprint density at radius 3 is 2.43 bits per heavy atom. The fourth-order valence-corrected chi connectivity index (χ4v) is 2.93. The summed E-state index contributed by atoms with van der Waals surface area (Å²) >= 11 is 0. The molecule has 0 bridgehead atoms. The molecule has 1 N–H and O–H groups in total. The van der Waals surface area contributed by atoms with Crippen LogP contribution >= 0.6 is 0 Å². The van der Waals surface area contributed by atoms with Crippen LogP contribution in [0.2, 0.25) is 0 Å². The minimum atomic E-state index is 0.286. The Bertz CT molecular complexity index is 900. The second-order valence-electron chi connectivity index (χ2n) is 6.66. The molecule has 3 aromatic rings.